The summed E-state index contributed by atoms with van der Waals surface area (Å²) in [4.78, 5) is 25.2. The van der Waals surface area contributed by atoms with Gasteiger partial charge in [-0.05, 0) is 5.56 Å². The van der Waals surface area contributed by atoms with Gasteiger partial charge in [-0.25, -0.2) is 0 Å². The molecule has 0 amide bonds. The van der Waals surface area contributed by atoms with Gasteiger partial charge in [0.25, 0.3) is 0 Å². The number of hydrogen-bond acceptors (Lipinski definition) is 2. The molecule has 3 nitrogen and oxygen atoms in total. The normalized spacial score (nSPS) is 10.0. The molecule has 0 saturated carbocycles. The zero-order valence-electron chi connectivity index (χ0n) is 8.64. The van der Waals surface area contributed by atoms with Gasteiger partial charge in [-0.2, -0.15) is 0 Å². The Kier molecular flexibility index (Phi) is 2.96. The van der Waals surface area contributed by atoms with Crippen molar-refractivity contribution in [1.29, 1.82) is 0 Å². The maximum Gasteiger partial charge on any atom is 0.195 e. The van der Waals surface area contributed by atoms with E-state index < -0.39 is 0 Å². The fourth-order valence-corrected chi connectivity index (χ4v) is 1.58. The lowest BCUT2D eigenvalue weighted by Crippen LogP contribution is -2.14. The fourth-order valence-electron chi connectivity index (χ4n) is 1.58. The number of H-pyrrole nitrogens is 1. The minimum absolute atomic E-state index is 0.174. The highest BCUT2D eigenvalue weighted by Crippen LogP contribution is 2.04. The number of nitrogens with one attached hydrogen (secondary N) is 1. The van der Waals surface area contributed by atoms with Crippen molar-refractivity contribution in [3.8, 4) is 0 Å². The Balaban J connectivity index is 2.36. The predicted octanol–water partition coefficient (Wildman–Crippen LogP) is 1.78. The third-order valence-electron chi connectivity index (χ3n) is 2.41. The molecule has 0 bridgehead atoms. The second-order valence-electron chi connectivity index (χ2n) is 3.55. The molecule has 3 heteroatoms. The molecule has 16 heavy (non-hydrogen) atoms. The van der Waals surface area contributed by atoms with Crippen LogP contribution in [0.5, 0.6) is 0 Å². The summed E-state index contributed by atoms with van der Waals surface area (Å²) < 4.78 is 0. The highest BCUT2D eigenvalue weighted by Gasteiger charge is 2.04. The Morgan fingerprint density at radius 3 is 2.56 bits per heavy atom. The van der Waals surface area contributed by atoms with Crippen LogP contribution in [-0.2, 0) is 6.42 Å². The summed E-state index contributed by atoms with van der Waals surface area (Å²) in [6, 6.07) is 9.68. The molecule has 1 aromatic carbocycles. The van der Waals surface area contributed by atoms with Crippen molar-refractivity contribution in [1.82, 2.24) is 4.98 Å². The average Bonchev–Trinajstić information content (AvgIpc) is 2.33. The molecule has 80 valence electrons. The van der Waals surface area contributed by atoms with Crippen LogP contribution in [0, 0.1) is 0 Å². The van der Waals surface area contributed by atoms with Gasteiger partial charge in [-0.15, -0.1) is 0 Å². The Hall–Kier alpha value is -2.16. The van der Waals surface area contributed by atoms with Crippen LogP contribution in [0.4, 0.5) is 0 Å². The van der Waals surface area contributed by atoms with Crippen LogP contribution >= 0.6 is 0 Å². The molecule has 1 heterocycles. The largest absolute Gasteiger partial charge is 0.366 e. The Morgan fingerprint density at radius 1 is 1.12 bits per heavy atom. The van der Waals surface area contributed by atoms with Crippen molar-refractivity contribution in [2.24, 2.45) is 0 Å². The Bertz CT molecular complexity index is 543. The van der Waals surface area contributed by atoms with E-state index in [0.717, 1.165) is 5.56 Å². The third kappa shape index (κ3) is 2.08. The molecule has 1 aromatic heterocycles. The molecule has 1 N–H and O–H groups in total. The van der Waals surface area contributed by atoms with Gasteiger partial charge in [-0.3, -0.25) is 9.59 Å². The summed E-state index contributed by atoms with van der Waals surface area (Å²) >= 11 is 0. The molecule has 0 saturated heterocycles. The van der Waals surface area contributed by atoms with E-state index in [1.54, 1.807) is 6.20 Å². The van der Waals surface area contributed by atoms with Crippen molar-refractivity contribution < 1.29 is 4.79 Å². The van der Waals surface area contributed by atoms with Crippen molar-refractivity contribution in [3.63, 3.8) is 0 Å². The lowest BCUT2D eigenvalue weighted by Gasteiger charge is -2.01. The zero-order valence-corrected chi connectivity index (χ0v) is 8.64. The van der Waals surface area contributed by atoms with E-state index in [1.807, 2.05) is 30.3 Å². The van der Waals surface area contributed by atoms with Gasteiger partial charge in [0.15, 0.2) is 11.7 Å². The number of carbonyl (C=O) groups excluding carboxylic acids is 1. The van der Waals surface area contributed by atoms with Crippen LogP contribution in [-0.4, -0.2) is 11.3 Å². The van der Waals surface area contributed by atoms with E-state index >= 15 is 0 Å². The molecule has 0 aliphatic carbocycles. The molecule has 0 aliphatic heterocycles. The molecule has 0 spiro atoms. The molecule has 0 aliphatic rings. The number of hydrogen-bond donors (Lipinski definition) is 1. The van der Waals surface area contributed by atoms with Crippen LogP contribution in [0.3, 0.4) is 0 Å². The van der Waals surface area contributed by atoms with Crippen LogP contribution in [0.1, 0.15) is 21.5 Å². The quantitative estimate of drug-likeness (QED) is 0.790. The van der Waals surface area contributed by atoms with E-state index in [9.17, 15) is 9.59 Å². The second-order valence-corrected chi connectivity index (χ2v) is 3.55. The van der Waals surface area contributed by atoms with Crippen molar-refractivity contribution in [2.45, 2.75) is 6.42 Å². The van der Waals surface area contributed by atoms with E-state index in [-0.39, 0.29) is 11.0 Å². The van der Waals surface area contributed by atoms with Crippen molar-refractivity contribution >= 4 is 6.29 Å². The minimum atomic E-state index is -0.197. The topological polar surface area (TPSA) is 49.9 Å². The molecular weight excluding hydrogens is 202 g/mol. The summed E-state index contributed by atoms with van der Waals surface area (Å²) in [7, 11) is 0. The molecule has 0 radical (unpaired) electrons. The first-order valence-electron chi connectivity index (χ1n) is 5.00. The summed E-state index contributed by atoms with van der Waals surface area (Å²) in [6.45, 7) is 0. The first kappa shape index (κ1) is 10.4. The average molecular weight is 213 g/mol. The van der Waals surface area contributed by atoms with Crippen molar-refractivity contribution in [3.05, 3.63) is 69.6 Å². The first-order chi connectivity index (χ1) is 7.81. The maximum absolute atomic E-state index is 11.8. The van der Waals surface area contributed by atoms with Gasteiger partial charge in [0.1, 0.15) is 0 Å². The summed E-state index contributed by atoms with van der Waals surface area (Å²) in [6.07, 6.45) is 4.18. The molecular formula is C13H11NO2. The van der Waals surface area contributed by atoms with Gasteiger partial charge < -0.3 is 4.98 Å². The number of benzene rings is 1. The number of carbonyl (C=O) groups is 1. The van der Waals surface area contributed by atoms with Crippen molar-refractivity contribution in [2.75, 3.05) is 0 Å². The number of pyridine rings is 1. The minimum Gasteiger partial charge on any atom is -0.366 e. The smallest absolute Gasteiger partial charge is 0.195 e. The van der Waals surface area contributed by atoms with E-state index in [4.69, 9.17) is 0 Å². The van der Waals surface area contributed by atoms with E-state index in [1.165, 1.54) is 6.20 Å². The predicted molar refractivity (Wildman–Crippen MR) is 61.7 cm³/mol. The SMILES string of the molecule is O=Cc1c[nH]cc(Cc2ccccc2)c1=O. The van der Waals surface area contributed by atoms with Crippen LogP contribution in [0.25, 0.3) is 0 Å². The number of aldehydes is 1. The first-order valence-corrected chi connectivity index (χ1v) is 5.00. The monoisotopic (exact) mass is 213 g/mol. The standard InChI is InChI=1S/C13H11NO2/c15-9-12-8-14-7-11(13(12)16)6-10-4-2-1-3-5-10/h1-5,7-9H,6H2,(H,14,16). The summed E-state index contributed by atoms with van der Waals surface area (Å²) in [5.41, 5.74) is 1.64. The molecule has 0 unspecified atom stereocenters. The number of aromatic amines is 1. The Morgan fingerprint density at radius 2 is 1.88 bits per heavy atom. The fraction of sp³-hybridized carbons (Fsp3) is 0.0769. The third-order valence-corrected chi connectivity index (χ3v) is 2.41. The van der Waals surface area contributed by atoms with Crippen LogP contribution in [0.15, 0.2) is 47.5 Å². The molecule has 2 rings (SSSR count). The summed E-state index contributed by atoms with van der Waals surface area (Å²) in [5, 5.41) is 0. The summed E-state index contributed by atoms with van der Waals surface area (Å²) in [5.74, 6) is 0. The van der Waals surface area contributed by atoms with E-state index in [0.29, 0.717) is 18.3 Å². The lowest BCUT2D eigenvalue weighted by atomic mass is 10.1. The van der Waals surface area contributed by atoms with Gasteiger partial charge in [0.05, 0.1) is 5.56 Å². The molecule has 2 aromatic rings. The molecule has 0 atom stereocenters. The second kappa shape index (κ2) is 4.57. The number of aromatic nitrogens is 1. The van der Waals surface area contributed by atoms with E-state index in [2.05, 4.69) is 4.98 Å². The number of rotatable bonds is 3. The van der Waals surface area contributed by atoms with Gasteiger partial charge >= 0.3 is 0 Å². The van der Waals surface area contributed by atoms with Gasteiger partial charge in [0.2, 0.25) is 0 Å². The Labute approximate surface area is 92.8 Å². The van der Waals surface area contributed by atoms with Crippen LogP contribution in [0.2, 0.25) is 0 Å². The highest BCUT2D eigenvalue weighted by atomic mass is 16.1. The maximum atomic E-state index is 11.8. The zero-order chi connectivity index (χ0) is 11.4. The molecule has 0 fully saturated rings. The highest BCUT2D eigenvalue weighted by molar-refractivity contribution is 5.74. The van der Waals surface area contributed by atoms with Gasteiger partial charge in [-0.1, -0.05) is 30.3 Å². The lowest BCUT2D eigenvalue weighted by molar-refractivity contribution is 0.112. The van der Waals surface area contributed by atoms with Gasteiger partial charge in [0, 0.05) is 24.4 Å². The van der Waals surface area contributed by atoms with Crippen LogP contribution < -0.4 is 5.43 Å².